The Kier molecular flexibility index (Phi) is 27.5. The number of carboxylic acids is 2. The highest BCUT2D eigenvalue weighted by atomic mass is 16.7. The molecule has 6 aliphatic heterocycles. The third-order valence-corrected chi connectivity index (χ3v) is 18.6. The van der Waals surface area contributed by atoms with Gasteiger partial charge >= 0.3 is 24.1 Å². The van der Waals surface area contributed by atoms with E-state index in [0.717, 1.165) is 5.57 Å². The zero-order valence-electron chi connectivity index (χ0n) is 60.4. The maximum Gasteiger partial charge on any atom is 0.411 e. The Hall–Kier alpha value is -9.74. The highest BCUT2D eigenvalue weighted by Gasteiger charge is 2.51. The number of hydrogen-bond acceptors (Lipinski definition) is 29. The number of hydrogen-bond donors (Lipinski definition) is 12. The molecule has 4 aromatic carbocycles. The average Bonchev–Trinajstić information content (AvgIpc) is 1.72. The lowest BCUT2D eigenvalue weighted by atomic mass is 9.90. The molecule has 37 nitrogen and oxygen atoms in total. The molecule has 37 heteroatoms. The van der Waals surface area contributed by atoms with Gasteiger partial charge in [-0.05, 0) is 85.0 Å². The molecule has 0 unspecified atom stereocenters. The predicted molar refractivity (Wildman–Crippen MR) is 372 cm³/mol. The standard InChI is InChI=1S/C72H90N6O31/c1-35-23-44(66-100-19-20-101-66)77(31-35)62(87)38-26-48(96-6)50(28-42(38)75-70(93)105-33-37-12-14-47(41(25-37)61(86)74-15-18-95-5)107-69-57(84)53(80)55(82)59(109-69)65(91)92)98-16-9-8-10-17-99-51-29-43(39(27-49(51)97-7)63(88)78-34-72(2,3)30-45(78)67-102-21-22-103-67)76-71(94)104-32-36-11-13-46(40(24-36)60(85)73-4)106-68-56(83)52(79)54(81)58(108-68)64(89)90/h11-14,24-29,44-45,52-59,66-69,79-84H,1,8-10,15-23,30-34H2,2-7H3,(H,73,85)(H,74,86)(H,75,93)(H,76,94)(H,89,90)(H,91,92)/t44-,45-,52-,53-,54-,55-,56+,57+,58-,59-,68+,69+/m0/s1. The molecule has 109 heavy (non-hydrogen) atoms. The van der Waals surface area contributed by atoms with Crippen molar-refractivity contribution in [3.8, 4) is 34.5 Å². The van der Waals surface area contributed by atoms with Gasteiger partial charge in [-0.2, -0.15) is 0 Å². The number of carboxylic acid groups (broad SMARTS) is 2. The van der Waals surface area contributed by atoms with E-state index in [0.29, 0.717) is 58.5 Å². The van der Waals surface area contributed by atoms with Crippen LogP contribution in [0.5, 0.6) is 34.5 Å². The van der Waals surface area contributed by atoms with E-state index in [1.165, 1.54) is 93.9 Å². The van der Waals surface area contributed by atoms with Crippen LogP contribution in [0.1, 0.15) is 98.5 Å². The van der Waals surface area contributed by atoms with E-state index >= 15 is 0 Å². The summed E-state index contributed by atoms with van der Waals surface area (Å²) >= 11 is 0. The van der Waals surface area contributed by atoms with Gasteiger partial charge in [0.2, 0.25) is 12.6 Å². The Labute approximate surface area is 623 Å². The van der Waals surface area contributed by atoms with Gasteiger partial charge in [-0.1, -0.05) is 38.1 Å². The van der Waals surface area contributed by atoms with E-state index in [4.69, 9.17) is 71.1 Å². The summed E-state index contributed by atoms with van der Waals surface area (Å²) in [5.74, 6) is -5.88. The maximum absolute atomic E-state index is 14.9. The van der Waals surface area contributed by atoms with Crippen LogP contribution in [0.25, 0.3) is 0 Å². The third-order valence-electron chi connectivity index (χ3n) is 18.6. The van der Waals surface area contributed by atoms with E-state index in [1.807, 2.05) is 13.8 Å². The Balaban J connectivity index is 0.827. The van der Waals surface area contributed by atoms with Gasteiger partial charge in [0.15, 0.2) is 47.8 Å². The number of carbonyl (C=O) groups excluding carboxylic acids is 6. The summed E-state index contributed by atoms with van der Waals surface area (Å²) in [6.07, 6.45) is -21.1. The fourth-order valence-corrected chi connectivity index (χ4v) is 13.1. The van der Waals surface area contributed by atoms with Crippen molar-refractivity contribution in [2.75, 3.05) is 105 Å². The van der Waals surface area contributed by atoms with Crippen molar-refractivity contribution in [2.45, 2.75) is 145 Å². The van der Waals surface area contributed by atoms with Crippen molar-refractivity contribution in [3.05, 3.63) is 106 Å². The summed E-state index contributed by atoms with van der Waals surface area (Å²) in [6, 6.07) is 12.4. The molecule has 12 atom stereocenters. The molecule has 0 radical (unpaired) electrons. The van der Waals surface area contributed by atoms with Gasteiger partial charge in [-0.3, -0.25) is 29.8 Å². The van der Waals surface area contributed by atoms with E-state index in [-0.39, 0.29) is 124 Å². The lowest BCUT2D eigenvalue weighted by Crippen LogP contribution is -2.61. The summed E-state index contributed by atoms with van der Waals surface area (Å²) < 4.78 is 85.8. The molecule has 594 valence electrons. The van der Waals surface area contributed by atoms with Crippen molar-refractivity contribution in [1.29, 1.82) is 0 Å². The minimum atomic E-state index is -2.02. The van der Waals surface area contributed by atoms with Crippen LogP contribution >= 0.6 is 0 Å². The van der Waals surface area contributed by atoms with Crippen LogP contribution in [-0.2, 0) is 65.4 Å². The van der Waals surface area contributed by atoms with Gasteiger partial charge in [0, 0.05) is 45.9 Å². The number of unbranched alkanes of at least 4 members (excludes halogenated alkanes) is 2. The second-order valence-electron chi connectivity index (χ2n) is 27.0. The molecule has 10 rings (SSSR count). The average molecular weight is 1540 g/mol. The lowest BCUT2D eigenvalue weighted by molar-refractivity contribution is -0.271. The first-order valence-electron chi connectivity index (χ1n) is 34.9. The summed E-state index contributed by atoms with van der Waals surface area (Å²) in [6.45, 7) is 9.08. The number of anilines is 2. The second-order valence-corrected chi connectivity index (χ2v) is 27.0. The van der Waals surface area contributed by atoms with Crippen molar-refractivity contribution >= 4 is 59.1 Å². The molecule has 6 fully saturated rings. The monoisotopic (exact) mass is 1530 g/mol. The highest BCUT2D eigenvalue weighted by molar-refractivity contribution is 6.05. The number of aliphatic hydroxyl groups excluding tert-OH is 6. The summed E-state index contributed by atoms with van der Waals surface area (Å²) in [4.78, 5) is 111. The number of methoxy groups -OCH3 is 3. The first-order valence-corrected chi connectivity index (χ1v) is 34.9. The smallest absolute Gasteiger partial charge is 0.411 e. The molecule has 0 aliphatic carbocycles. The largest absolute Gasteiger partial charge is 0.493 e. The first kappa shape index (κ1) is 81.8. The van der Waals surface area contributed by atoms with Gasteiger partial charge in [0.05, 0.1) is 106 Å². The van der Waals surface area contributed by atoms with Gasteiger partial charge in [0.25, 0.3) is 23.6 Å². The molecule has 0 aromatic heterocycles. The van der Waals surface area contributed by atoms with Crippen molar-refractivity contribution < 1.29 is 150 Å². The molecule has 6 saturated heterocycles. The molecular weight excluding hydrogens is 1440 g/mol. The maximum atomic E-state index is 14.9. The van der Waals surface area contributed by atoms with E-state index in [1.54, 1.807) is 4.90 Å². The van der Waals surface area contributed by atoms with Gasteiger partial charge in [-0.25, -0.2) is 19.2 Å². The second kappa shape index (κ2) is 36.6. The van der Waals surface area contributed by atoms with Crippen LogP contribution in [0.2, 0.25) is 0 Å². The Morgan fingerprint density at radius 1 is 0.541 bits per heavy atom. The van der Waals surface area contributed by atoms with Crippen LogP contribution in [0.4, 0.5) is 21.0 Å². The summed E-state index contributed by atoms with van der Waals surface area (Å²) in [5, 5.41) is 92.1. The lowest BCUT2D eigenvalue weighted by Gasteiger charge is -2.38. The number of nitrogens with one attached hydrogen (secondary N) is 4. The van der Waals surface area contributed by atoms with Gasteiger partial charge < -0.3 is 132 Å². The number of aliphatic hydroxyl groups is 6. The van der Waals surface area contributed by atoms with Crippen molar-refractivity contribution in [1.82, 2.24) is 20.4 Å². The zero-order chi connectivity index (χ0) is 78.5. The Bertz CT molecular complexity index is 3960. The molecule has 6 heterocycles. The van der Waals surface area contributed by atoms with Crippen LogP contribution in [0.3, 0.4) is 0 Å². The number of carbonyl (C=O) groups is 8. The minimum absolute atomic E-state index is 0.00802. The number of likely N-dealkylation sites (tertiary alicyclic amines) is 2. The van der Waals surface area contributed by atoms with E-state index in [9.17, 15) is 79.2 Å². The van der Waals surface area contributed by atoms with Gasteiger partial charge in [0.1, 0.15) is 61.3 Å². The summed E-state index contributed by atoms with van der Waals surface area (Å²) in [5.41, 5.74) is 0.238. The molecule has 0 saturated carbocycles. The number of ether oxygens (including phenoxy) is 15. The Morgan fingerprint density at radius 3 is 1.45 bits per heavy atom. The normalized spacial score (nSPS) is 24.7. The topological polar surface area (TPSA) is 491 Å². The fourth-order valence-electron chi connectivity index (χ4n) is 13.1. The molecule has 0 bridgehead atoms. The van der Waals surface area contributed by atoms with E-state index < -0.39 is 147 Å². The number of amides is 6. The number of aliphatic carboxylic acids is 2. The molecule has 12 N–H and O–H groups in total. The zero-order valence-corrected chi connectivity index (χ0v) is 60.4. The Morgan fingerprint density at radius 2 is 1.00 bits per heavy atom. The van der Waals surface area contributed by atoms with Crippen molar-refractivity contribution in [2.24, 2.45) is 5.41 Å². The van der Waals surface area contributed by atoms with Crippen LogP contribution < -0.4 is 49.7 Å². The first-order chi connectivity index (χ1) is 52.1. The molecular formula is C72H90N6O31. The highest BCUT2D eigenvalue weighted by Crippen LogP contribution is 2.43. The van der Waals surface area contributed by atoms with Crippen LogP contribution in [0, 0.1) is 5.41 Å². The SMILES string of the molecule is C=C1C[C@@H](C2OCCO2)N(C(=O)c2cc(OC)c(OCCCCCOc3cc(NC(=O)OCc4ccc(O[C@@H]5O[C@H](C(=O)O)[C@@H](O)[C@H](O)[C@H]5O)c(C(=O)NC)c4)c(C(=O)N4CC(C)(C)C[C@H]4C4OCCO4)cc3OC)cc2NC(=O)OCc2ccc(O[C@@H]3O[C@H](C(=O)O)[C@@H](O)[C@H](O)[C@H]3O)c(C(=O)NCCOC)c2)C1. The van der Waals surface area contributed by atoms with Gasteiger partial charge in [-0.15, -0.1) is 0 Å². The number of nitrogens with zero attached hydrogens (tertiary/aromatic N) is 2. The molecule has 6 aliphatic rings. The fraction of sp³-hybridized carbons (Fsp3) is 0.528. The molecule has 0 spiro atoms. The van der Waals surface area contributed by atoms with Crippen LogP contribution in [-0.4, -0.2) is 279 Å². The van der Waals surface area contributed by atoms with Crippen LogP contribution in [0.15, 0.2) is 72.8 Å². The predicted octanol–water partition coefficient (Wildman–Crippen LogP) is 1.86. The van der Waals surface area contributed by atoms with E-state index in [2.05, 4.69) is 27.8 Å². The molecule has 6 amide bonds. The quantitative estimate of drug-likeness (QED) is 0.0253. The minimum Gasteiger partial charge on any atom is -0.493 e. The molecule has 4 aromatic rings. The number of benzene rings is 4. The number of rotatable bonds is 31. The van der Waals surface area contributed by atoms with Crippen molar-refractivity contribution in [3.63, 3.8) is 0 Å². The summed E-state index contributed by atoms with van der Waals surface area (Å²) in [7, 11) is 5.47. The third kappa shape index (κ3) is 19.6.